The second kappa shape index (κ2) is 9.07. The molecular formula is C26H22FN3O4S. The number of amides is 3. The maximum absolute atomic E-state index is 14.1. The maximum atomic E-state index is 14.1. The largest absolute Gasteiger partial charge is 0.492 e. The molecule has 2 heterocycles. The van der Waals surface area contributed by atoms with E-state index in [0.29, 0.717) is 35.0 Å². The van der Waals surface area contributed by atoms with E-state index in [1.54, 1.807) is 54.6 Å². The number of halogens is 1. The average molecular weight is 492 g/mol. The van der Waals surface area contributed by atoms with Gasteiger partial charge in [-0.25, -0.2) is 4.39 Å². The number of nitrogens with zero attached hydrogens (tertiary/aromatic N) is 2. The van der Waals surface area contributed by atoms with Gasteiger partial charge in [-0.15, -0.1) is 11.8 Å². The Morgan fingerprint density at radius 1 is 1.09 bits per heavy atom. The van der Waals surface area contributed by atoms with Gasteiger partial charge in [-0.3, -0.25) is 24.2 Å². The highest BCUT2D eigenvalue weighted by Crippen LogP contribution is 2.55. The summed E-state index contributed by atoms with van der Waals surface area (Å²) in [5, 5.41) is 2.82. The standard InChI is InChI=1S/C26H22FN3O4S/c1-2-34-22-13-6-4-11-20(22)28-23(31)15-29-21-12-5-3-10-19(21)26(25(29)33)30(24(32)16-35-26)18-9-7-8-17(27)14-18/h3-14H,2,15-16H2,1H3,(H,28,31)/t26-/m0/s1. The van der Waals surface area contributed by atoms with Crippen molar-refractivity contribution < 1.29 is 23.5 Å². The van der Waals surface area contributed by atoms with E-state index < -0.39 is 22.5 Å². The molecule has 1 atom stereocenters. The third kappa shape index (κ3) is 3.81. The molecule has 1 spiro atoms. The van der Waals surface area contributed by atoms with E-state index in [1.165, 1.54) is 39.8 Å². The Labute approximate surface area is 205 Å². The molecular weight excluding hydrogens is 469 g/mol. The highest BCUT2D eigenvalue weighted by Gasteiger charge is 2.61. The number of thioether (sulfide) groups is 1. The molecule has 3 amide bonds. The molecule has 1 fully saturated rings. The number of fused-ring (bicyclic) bond motifs is 2. The molecule has 1 N–H and O–H groups in total. The van der Waals surface area contributed by atoms with Crippen molar-refractivity contribution in [3.63, 3.8) is 0 Å². The lowest BCUT2D eigenvalue weighted by molar-refractivity contribution is -0.124. The van der Waals surface area contributed by atoms with Gasteiger partial charge >= 0.3 is 0 Å². The third-order valence-electron chi connectivity index (χ3n) is 5.89. The van der Waals surface area contributed by atoms with E-state index in [4.69, 9.17) is 4.74 Å². The minimum atomic E-state index is -1.41. The third-order valence-corrected chi connectivity index (χ3v) is 7.28. The van der Waals surface area contributed by atoms with E-state index in [0.717, 1.165) is 0 Å². The Bertz CT molecular complexity index is 1330. The van der Waals surface area contributed by atoms with Crippen LogP contribution in [-0.2, 0) is 19.3 Å². The molecule has 0 radical (unpaired) electrons. The first-order valence-corrected chi connectivity index (χ1v) is 12.1. The van der Waals surface area contributed by atoms with Crippen molar-refractivity contribution in [3.8, 4) is 5.75 Å². The van der Waals surface area contributed by atoms with E-state index >= 15 is 0 Å². The Morgan fingerprint density at radius 3 is 2.66 bits per heavy atom. The van der Waals surface area contributed by atoms with Crippen molar-refractivity contribution in [2.75, 3.05) is 34.0 Å². The van der Waals surface area contributed by atoms with Crippen molar-refractivity contribution in [3.05, 3.63) is 84.2 Å². The van der Waals surface area contributed by atoms with Gasteiger partial charge in [-0.1, -0.05) is 36.4 Å². The number of carbonyl (C=O) groups is 3. The molecule has 7 nitrogen and oxygen atoms in total. The predicted octanol–water partition coefficient (Wildman–Crippen LogP) is 4.14. The summed E-state index contributed by atoms with van der Waals surface area (Å²) in [7, 11) is 0. The number of nitrogens with one attached hydrogen (secondary N) is 1. The summed E-state index contributed by atoms with van der Waals surface area (Å²) >= 11 is 1.17. The highest BCUT2D eigenvalue weighted by atomic mass is 32.2. The molecule has 0 aliphatic carbocycles. The van der Waals surface area contributed by atoms with Crippen LogP contribution in [0.5, 0.6) is 5.75 Å². The van der Waals surface area contributed by atoms with Gasteiger partial charge in [0.1, 0.15) is 18.1 Å². The quantitative estimate of drug-likeness (QED) is 0.561. The summed E-state index contributed by atoms with van der Waals surface area (Å²) in [6.45, 7) is 2.03. The number of anilines is 3. The summed E-state index contributed by atoms with van der Waals surface area (Å²) in [4.78, 5) is 41.3. The minimum Gasteiger partial charge on any atom is -0.492 e. The molecule has 3 aromatic carbocycles. The molecule has 0 saturated carbocycles. The number of rotatable bonds is 6. The molecule has 178 valence electrons. The molecule has 35 heavy (non-hydrogen) atoms. The molecule has 2 aliphatic heterocycles. The van der Waals surface area contributed by atoms with Gasteiger partial charge in [-0.2, -0.15) is 0 Å². The molecule has 0 unspecified atom stereocenters. The van der Waals surface area contributed by atoms with Crippen molar-refractivity contribution in [2.45, 2.75) is 11.8 Å². The van der Waals surface area contributed by atoms with Crippen LogP contribution >= 0.6 is 11.8 Å². The molecule has 1 saturated heterocycles. The van der Waals surface area contributed by atoms with Gasteiger partial charge in [0.05, 0.1) is 23.7 Å². The molecule has 0 aromatic heterocycles. The first kappa shape index (κ1) is 22.9. The van der Waals surface area contributed by atoms with Crippen LogP contribution in [0.1, 0.15) is 12.5 Å². The summed E-state index contributed by atoms with van der Waals surface area (Å²) in [6, 6.07) is 19.8. The summed E-state index contributed by atoms with van der Waals surface area (Å²) in [6.07, 6.45) is 0. The lowest BCUT2D eigenvalue weighted by Crippen LogP contribution is -2.50. The van der Waals surface area contributed by atoms with Crippen LogP contribution in [0.4, 0.5) is 21.5 Å². The van der Waals surface area contributed by atoms with E-state index in [-0.39, 0.29) is 18.2 Å². The fourth-order valence-corrected chi connectivity index (χ4v) is 5.87. The molecule has 9 heteroatoms. The average Bonchev–Trinajstić information content (AvgIpc) is 3.31. The van der Waals surface area contributed by atoms with Gasteiger partial charge in [-0.05, 0) is 43.3 Å². The number of hydrogen-bond acceptors (Lipinski definition) is 5. The van der Waals surface area contributed by atoms with Crippen molar-refractivity contribution in [1.82, 2.24) is 0 Å². The van der Waals surface area contributed by atoms with Crippen LogP contribution in [-0.4, -0.2) is 36.6 Å². The number of ether oxygens (including phenoxy) is 1. The SMILES string of the molecule is CCOc1ccccc1NC(=O)CN1C(=O)[C@@]2(SCC(=O)N2c2cccc(F)c2)c2ccccc21. The Morgan fingerprint density at radius 2 is 1.86 bits per heavy atom. The van der Waals surface area contributed by atoms with Crippen LogP contribution in [0.3, 0.4) is 0 Å². The fourth-order valence-electron chi connectivity index (χ4n) is 4.51. The Hall–Kier alpha value is -3.85. The van der Waals surface area contributed by atoms with Crippen molar-refractivity contribution >= 4 is 46.5 Å². The van der Waals surface area contributed by atoms with Gasteiger partial charge < -0.3 is 10.1 Å². The lowest BCUT2D eigenvalue weighted by atomic mass is 10.0. The summed E-state index contributed by atoms with van der Waals surface area (Å²) in [5.41, 5.74) is 1.92. The first-order chi connectivity index (χ1) is 17.0. The fraction of sp³-hybridized carbons (Fsp3) is 0.192. The zero-order valence-electron chi connectivity index (χ0n) is 18.9. The Balaban J connectivity index is 1.49. The summed E-state index contributed by atoms with van der Waals surface area (Å²) in [5.74, 6) is -1.07. The van der Waals surface area contributed by atoms with Crippen LogP contribution in [0, 0.1) is 5.82 Å². The van der Waals surface area contributed by atoms with Gasteiger partial charge in [0.15, 0.2) is 0 Å². The maximum Gasteiger partial charge on any atom is 0.269 e. The Kier molecular flexibility index (Phi) is 5.94. The van der Waals surface area contributed by atoms with Crippen molar-refractivity contribution in [2.24, 2.45) is 0 Å². The molecule has 5 rings (SSSR count). The molecule has 0 bridgehead atoms. The first-order valence-electron chi connectivity index (χ1n) is 11.1. The van der Waals surface area contributed by atoms with Gasteiger partial charge in [0, 0.05) is 11.3 Å². The van der Waals surface area contributed by atoms with E-state index in [2.05, 4.69) is 5.32 Å². The zero-order chi connectivity index (χ0) is 24.6. The predicted molar refractivity (Wildman–Crippen MR) is 133 cm³/mol. The normalized spacial score (nSPS) is 18.8. The van der Waals surface area contributed by atoms with E-state index in [9.17, 15) is 18.8 Å². The smallest absolute Gasteiger partial charge is 0.269 e. The number of hydrogen-bond donors (Lipinski definition) is 1. The zero-order valence-corrected chi connectivity index (χ0v) is 19.7. The van der Waals surface area contributed by atoms with Gasteiger partial charge in [0.25, 0.3) is 5.91 Å². The lowest BCUT2D eigenvalue weighted by Gasteiger charge is -2.33. The van der Waals surface area contributed by atoms with Crippen molar-refractivity contribution in [1.29, 1.82) is 0 Å². The number of benzene rings is 3. The number of para-hydroxylation sites is 3. The second-order valence-electron chi connectivity index (χ2n) is 8.03. The highest BCUT2D eigenvalue weighted by molar-refractivity contribution is 8.02. The molecule has 2 aliphatic rings. The minimum absolute atomic E-state index is 0.0539. The topological polar surface area (TPSA) is 79.0 Å². The van der Waals surface area contributed by atoms with E-state index in [1.807, 2.05) is 6.92 Å². The van der Waals surface area contributed by atoms with Crippen LogP contribution in [0.15, 0.2) is 72.8 Å². The second-order valence-corrected chi connectivity index (χ2v) is 9.20. The molecule has 3 aromatic rings. The summed E-state index contributed by atoms with van der Waals surface area (Å²) < 4.78 is 19.6. The monoisotopic (exact) mass is 491 g/mol. The van der Waals surface area contributed by atoms with Crippen LogP contribution in [0.25, 0.3) is 0 Å². The number of carbonyl (C=O) groups excluding carboxylic acids is 3. The van der Waals surface area contributed by atoms with Gasteiger partial charge in [0.2, 0.25) is 16.7 Å². The van der Waals surface area contributed by atoms with Crippen LogP contribution < -0.4 is 19.9 Å². The van der Waals surface area contributed by atoms with Crippen LogP contribution in [0.2, 0.25) is 0 Å².